The van der Waals surface area contributed by atoms with Gasteiger partial charge in [-0.25, -0.2) is 4.68 Å². The molecule has 0 saturated carbocycles. The molecule has 0 saturated heterocycles. The van der Waals surface area contributed by atoms with Crippen LogP contribution in [0.1, 0.15) is 31.6 Å². The maximum Gasteiger partial charge on any atom is 0.0995 e. The van der Waals surface area contributed by atoms with E-state index in [1.54, 1.807) is 18.0 Å². The SMILES string of the molecule is CCCn1nncc1C(O)CCOC. The van der Waals surface area contributed by atoms with Gasteiger partial charge < -0.3 is 9.84 Å². The van der Waals surface area contributed by atoms with Crippen LogP contribution in [0.4, 0.5) is 0 Å². The lowest BCUT2D eigenvalue weighted by Gasteiger charge is -2.10. The van der Waals surface area contributed by atoms with E-state index in [2.05, 4.69) is 17.2 Å². The Morgan fingerprint density at radius 1 is 1.64 bits per heavy atom. The number of aromatic nitrogens is 3. The summed E-state index contributed by atoms with van der Waals surface area (Å²) in [6, 6.07) is 0. The Hall–Kier alpha value is -0.940. The maximum absolute atomic E-state index is 9.77. The number of aryl methyl sites for hydroxylation is 1. The molecule has 1 heterocycles. The molecule has 1 unspecified atom stereocenters. The van der Waals surface area contributed by atoms with Crippen LogP contribution >= 0.6 is 0 Å². The number of aliphatic hydroxyl groups excluding tert-OH is 1. The van der Waals surface area contributed by atoms with E-state index in [4.69, 9.17) is 4.74 Å². The van der Waals surface area contributed by atoms with Gasteiger partial charge in [0.25, 0.3) is 0 Å². The number of hydrogen-bond donors (Lipinski definition) is 1. The summed E-state index contributed by atoms with van der Waals surface area (Å²) >= 11 is 0. The summed E-state index contributed by atoms with van der Waals surface area (Å²) in [5, 5.41) is 17.5. The summed E-state index contributed by atoms with van der Waals surface area (Å²) in [6.07, 6.45) is 2.63. The fourth-order valence-electron chi connectivity index (χ4n) is 1.29. The summed E-state index contributed by atoms with van der Waals surface area (Å²) in [6.45, 7) is 3.39. The molecule has 0 bridgehead atoms. The molecule has 1 rings (SSSR count). The second-order valence-electron chi connectivity index (χ2n) is 3.18. The fourth-order valence-corrected chi connectivity index (χ4v) is 1.29. The summed E-state index contributed by atoms with van der Waals surface area (Å²) in [5.74, 6) is 0. The third-order valence-corrected chi connectivity index (χ3v) is 2.02. The zero-order valence-electron chi connectivity index (χ0n) is 8.68. The van der Waals surface area contributed by atoms with Crippen LogP contribution in [0.25, 0.3) is 0 Å². The number of aliphatic hydroxyl groups is 1. The third kappa shape index (κ3) is 2.78. The molecule has 0 aliphatic heterocycles. The lowest BCUT2D eigenvalue weighted by atomic mass is 10.2. The van der Waals surface area contributed by atoms with Gasteiger partial charge in [0.2, 0.25) is 0 Å². The van der Waals surface area contributed by atoms with Gasteiger partial charge in [0.05, 0.1) is 18.0 Å². The van der Waals surface area contributed by atoms with E-state index in [9.17, 15) is 5.11 Å². The number of nitrogens with zero attached hydrogens (tertiary/aromatic N) is 3. The molecule has 0 aliphatic rings. The minimum Gasteiger partial charge on any atom is -0.387 e. The Labute approximate surface area is 83.7 Å². The van der Waals surface area contributed by atoms with E-state index >= 15 is 0 Å². The molecular weight excluding hydrogens is 182 g/mol. The predicted octanol–water partition coefficient (Wildman–Crippen LogP) is 0.758. The molecule has 80 valence electrons. The van der Waals surface area contributed by atoms with Crippen molar-refractivity contribution >= 4 is 0 Å². The monoisotopic (exact) mass is 199 g/mol. The zero-order valence-corrected chi connectivity index (χ0v) is 8.68. The normalized spacial score (nSPS) is 13.1. The van der Waals surface area contributed by atoms with Gasteiger partial charge in [0.15, 0.2) is 0 Å². The zero-order chi connectivity index (χ0) is 10.4. The second kappa shape index (κ2) is 5.72. The summed E-state index contributed by atoms with van der Waals surface area (Å²) in [4.78, 5) is 0. The van der Waals surface area contributed by atoms with E-state index < -0.39 is 6.10 Å². The van der Waals surface area contributed by atoms with Crippen LogP contribution in [-0.2, 0) is 11.3 Å². The van der Waals surface area contributed by atoms with Gasteiger partial charge in [-0.2, -0.15) is 0 Å². The van der Waals surface area contributed by atoms with Crippen molar-refractivity contribution in [1.82, 2.24) is 15.0 Å². The second-order valence-corrected chi connectivity index (χ2v) is 3.18. The number of methoxy groups -OCH3 is 1. The van der Waals surface area contributed by atoms with Crippen LogP contribution in [0.15, 0.2) is 6.20 Å². The van der Waals surface area contributed by atoms with E-state index in [1.807, 2.05) is 0 Å². The van der Waals surface area contributed by atoms with Crippen LogP contribution in [-0.4, -0.2) is 33.8 Å². The minimum absolute atomic E-state index is 0.531. The van der Waals surface area contributed by atoms with Crippen molar-refractivity contribution in [2.45, 2.75) is 32.4 Å². The van der Waals surface area contributed by atoms with Crippen LogP contribution in [0.3, 0.4) is 0 Å². The highest BCUT2D eigenvalue weighted by molar-refractivity contribution is 4.98. The van der Waals surface area contributed by atoms with Crippen LogP contribution in [0.5, 0.6) is 0 Å². The molecule has 1 atom stereocenters. The Morgan fingerprint density at radius 2 is 2.43 bits per heavy atom. The molecule has 0 amide bonds. The number of rotatable bonds is 6. The molecular formula is C9H17N3O2. The Kier molecular flexibility index (Phi) is 4.55. The van der Waals surface area contributed by atoms with Crippen molar-refractivity contribution < 1.29 is 9.84 Å². The first-order valence-corrected chi connectivity index (χ1v) is 4.85. The molecule has 5 heteroatoms. The van der Waals surface area contributed by atoms with Gasteiger partial charge in [0.1, 0.15) is 0 Å². The lowest BCUT2D eigenvalue weighted by Crippen LogP contribution is -2.10. The Bertz CT molecular complexity index is 262. The van der Waals surface area contributed by atoms with Crippen LogP contribution in [0, 0.1) is 0 Å². The minimum atomic E-state index is -0.531. The molecule has 1 N–H and O–H groups in total. The molecule has 1 aromatic rings. The van der Waals surface area contributed by atoms with Gasteiger partial charge in [-0.1, -0.05) is 12.1 Å². The standard InChI is InChI=1S/C9H17N3O2/c1-3-5-12-8(7-10-11-12)9(13)4-6-14-2/h7,9,13H,3-6H2,1-2H3. The van der Waals surface area contributed by atoms with Crippen molar-refractivity contribution in [1.29, 1.82) is 0 Å². The molecule has 0 aliphatic carbocycles. The average Bonchev–Trinajstić information content (AvgIpc) is 2.63. The number of hydrogen-bond acceptors (Lipinski definition) is 4. The summed E-state index contributed by atoms with van der Waals surface area (Å²) in [7, 11) is 1.62. The first-order valence-electron chi connectivity index (χ1n) is 4.85. The summed E-state index contributed by atoms with van der Waals surface area (Å²) in [5.41, 5.74) is 0.768. The van der Waals surface area contributed by atoms with E-state index in [0.29, 0.717) is 13.0 Å². The summed E-state index contributed by atoms with van der Waals surface area (Å²) < 4.78 is 6.64. The largest absolute Gasteiger partial charge is 0.387 e. The van der Waals surface area contributed by atoms with Crippen LogP contribution in [0.2, 0.25) is 0 Å². The Balaban J connectivity index is 2.58. The molecule has 0 fully saturated rings. The van der Waals surface area contributed by atoms with Gasteiger partial charge in [-0.15, -0.1) is 5.10 Å². The molecule has 5 nitrogen and oxygen atoms in total. The molecule has 0 radical (unpaired) electrons. The van der Waals surface area contributed by atoms with Gasteiger partial charge in [0, 0.05) is 26.7 Å². The van der Waals surface area contributed by atoms with Gasteiger partial charge in [-0.05, 0) is 6.42 Å². The predicted molar refractivity (Wildman–Crippen MR) is 51.8 cm³/mol. The molecule has 0 spiro atoms. The van der Waals surface area contributed by atoms with Crippen molar-refractivity contribution in [3.05, 3.63) is 11.9 Å². The van der Waals surface area contributed by atoms with Crippen molar-refractivity contribution in [3.8, 4) is 0 Å². The first kappa shape index (κ1) is 11.1. The highest BCUT2D eigenvalue weighted by atomic mass is 16.5. The maximum atomic E-state index is 9.77. The average molecular weight is 199 g/mol. The van der Waals surface area contributed by atoms with E-state index in [1.165, 1.54) is 0 Å². The van der Waals surface area contributed by atoms with Crippen molar-refractivity contribution in [2.24, 2.45) is 0 Å². The third-order valence-electron chi connectivity index (χ3n) is 2.02. The van der Waals surface area contributed by atoms with Gasteiger partial charge >= 0.3 is 0 Å². The molecule has 14 heavy (non-hydrogen) atoms. The topological polar surface area (TPSA) is 60.2 Å². The number of ether oxygens (including phenoxy) is 1. The van der Waals surface area contributed by atoms with Gasteiger partial charge in [-0.3, -0.25) is 0 Å². The molecule has 1 aromatic heterocycles. The van der Waals surface area contributed by atoms with E-state index in [0.717, 1.165) is 18.7 Å². The first-order chi connectivity index (χ1) is 6.79. The Morgan fingerprint density at radius 3 is 3.07 bits per heavy atom. The van der Waals surface area contributed by atoms with E-state index in [-0.39, 0.29) is 0 Å². The quantitative estimate of drug-likeness (QED) is 0.734. The van der Waals surface area contributed by atoms with Crippen molar-refractivity contribution in [3.63, 3.8) is 0 Å². The highest BCUT2D eigenvalue weighted by Crippen LogP contribution is 2.14. The molecule has 0 aromatic carbocycles. The lowest BCUT2D eigenvalue weighted by molar-refractivity contribution is 0.104. The van der Waals surface area contributed by atoms with Crippen molar-refractivity contribution in [2.75, 3.05) is 13.7 Å². The highest BCUT2D eigenvalue weighted by Gasteiger charge is 2.13. The van der Waals surface area contributed by atoms with Crippen LogP contribution < -0.4 is 0 Å². The fraction of sp³-hybridized carbons (Fsp3) is 0.778. The smallest absolute Gasteiger partial charge is 0.0995 e.